The number of amides is 1. The van der Waals surface area contributed by atoms with E-state index in [2.05, 4.69) is 10.3 Å². The van der Waals surface area contributed by atoms with E-state index < -0.39 is 47.8 Å². The smallest absolute Gasteiger partial charge is 0.270 e. The Hall–Kier alpha value is -2.31. The number of hydrogen-bond acceptors (Lipinski definition) is 3. The van der Waals surface area contributed by atoms with Gasteiger partial charge in [-0.25, -0.2) is 13.5 Å². The van der Waals surface area contributed by atoms with E-state index in [1.54, 1.807) is 0 Å². The van der Waals surface area contributed by atoms with Gasteiger partial charge in [-0.05, 0) is 12.1 Å². The number of nitrogens with two attached hydrogens (primary N) is 1. The molecule has 0 unspecified atom stereocenters. The van der Waals surface area contributed by atoms with E-state index in [0.29, 0.717) is 0 Å². The summed E-state index contributed by atoms with van der Waals surface area (Å²) in [6.45, 7) is -0.476. The Bertz CT molecular complexity index is 675. The zero-order valence-electron chi connectivity index (χ0n) is 11.4. The molecule has 0 radical (unpaired) electrons. The van der Waals surface area contributed by atoms with Crippen LogP contribution in [-0.4, -0.2) is 20.9 Å². The Kier molecular flexibility index (Phi) is 1.99. The van der Waals surface area contributed by atoms with Crippen LogP contribution in [0.3, 0.4) is 0 Å². The number of hydrogen-bond donors (Lipinski definition) is 1. The van der Waals surface area contributed by atoms with Crippen molar-refractivity contribution in [2.75, 3.05) is 0 Å². The zero-order valence-corrected chi connectivity index (χ0v) is 8.37. The first kappa shape index (κ1) is 7.88. The van der Waals surface area contributed by atoms with Crippen molar-refractivity contribution in [1.29, 1.82) is 0 Å². The Morgan fingerprint density at radius 3 is 2.65 bits per heavy atom. The second-order valence-corrected chi connectivity index (χ2v) is 3.15. The third-order valence-electron chi connectivity index (χ3n) is 1.99. The number of aromatic nitrogens is 3. The van der Waals surface area contributed by atoms with Gasteiger partial charge in [0.05, 0.1) is 16.9 Å². The molecule has 0 aliphatic carbocycles. The Morgan fingerprint density at radius 1 is 1.47 bits per heavy atom. The molecule has 17 heavy (non-hydrogen) atoms. The fourth-order valence-corrected chi connectivity index (χ4v) is 1.18. The number of primary amides is 1. The molecular weight excluding hydrogens is 230 g/mol. The van der Waals surface area contributed by atoms with E-state index in [-0.39, 0.29) is 5.69 Å². The first-order valence-electron chi connectivity index (χ1n) is 5.96. The van der Waals surface area contributed by atoms with Gasteiger partial charge in [-0.3, -0.25) is 4.79 Å². The van der Waals surface area contributed by atoms with Crippen LogP contribution in [0.2, 0.25) is 0 Å². The van der Waals surface area contributed by atoms with Crippen LogP contribution in [0.15, 0.2) is 24.3 Å². The highest BCUT2D eigenvalue weighted by atomic mass is 19.1. The maximum Gasteiger partial charge on any atom is 0.270 e. The summed E-state index contributed by atoms with van der Waals surface area (Å²) >= 11 is 0. The zero-order chi connectivity index (χ0) is 15.0. The molecule has 1 aromatic carbocycles. The van der Waals surface area contributed by atoms with Crippen molar-refractivity contribution < 1.29 is 17.7 Å². The molecule has 0 saturated heterocycles. The van der Waals surface area contributed by atoms with Crippen molar-refractivity contribution in [3.63, 3.8) is 0 Å². The third-order valence-corrected chi connectivity index (χ3v) is 1.99. The first-order valence-corrected chi connectivity index (χ1v) is 4.46. The van der Waals surface area contributed by atoms with Gasteiger partial charge < -0.3 is 5.73 Å². The van der Waals surface area contributed by atoms with Gasteiger partial charge in [0.1, 0.15) is 11.6 Å². The lowest BCUT2D eigenvalue weighted by atomic mass is 10.2. The lowest BCUT2D eigenvalue weighted by Crippen LogP contribution is -2.11. The molecule has 2 N–H and O–H groups in total. The van der Waals surface area contributed by atoms with E-state index in [4.69, 9.17) is 9.85 Å². The SMILES string of the molecule is [2H]c1c([2H])c(F)c(Cn2cc(C(N)=O)nn2)c(F)c1[2H]. The average Bonchev–Trinajstić information content (AvgIpc) is 2.88. The number of halogens is 2. The summed E-state index contributed by atoms with van der Waals surface area (Å²) in [6.07, 6.45) is 1.09. The normalized spacial score (nSPS) is 12.9. The van der Waals surface area contributed by atoms with E-state index in [1.807, 2.05) is 0 Å². The summed E-state index contributed by atoms with van der Waals surface area (Å²) in [5.74, 6) is -3.35. The minimum Gasteiger partial charge on any atom is -0.364 e. The molecule has 5 nitrogen and oxygen atoms in total. The van der Waals surface area contributed by atoms with Crippen molar-refractivity contribution in [1.82, 2.24) is 15.0 Å². The molecule has 88 valence electrons. The van der Waals surface area contributed by atoms with Crippen molar-refractivity contribution >= 4 is 5.91 Å². The van der Waals surface area contributed by atoms with E-state index in [0.717, 1.165) is 10.9 Å². The Balaban J connectivity index is 2.45. The Morgan fingerprint density at radius 2 is 2.12 bits per heavy atom. The lowest BCUT2D eigenvalue weighted by molar-refractivity contribution is 0.0995. The second kappa shape index (κ2) is 4.28. The van der Waals surface area contributed by atoms with Crippen LogP contribution < -0.4 is 5.73 Å². The summed E-state index contributed by atoms with van der Waals surface area (Å²) < 4.78 is 50.3. The van der Waals surface area contributed by atoms with Gasteiger partial charge in [-0.2, -0.15) is 0 Å². The minimum absolute atomic E-state index is 0.180. The number of benzene rings is 1. The van der Waals surface area contributed by atoms with E-state index >= 15 is 0 Å². The van der Waals surface area contributed by atoms with Crippen LogP contribution in [-0.2, 0) is 6.54 Å². The van der Waals surface area contributed by atoms with E-state index in [9.17, 15) is 13.6 Å². The molecule has 1 aromatic heterocycles. The number of carbonyl (C=O) groups is 1. The minimum atomic E-state index is -1.25. The average molecular weight is 241 g/mol. The van der Waals surface area contributed by atoms with Crippen molar-refractivity contribution in [3.05, 3.63) is 47.2 Å². The summed E-state index contributed by atoms with van der Waals surface area (Å²) in [7, 11) is 0. The standard InChI is InChI=1S/C10H8F2N4O/c11-7-2-1-3-8(12)6(7)4-16-5-9(10(13)17)14-15-16/h1-3,5H,4H2,(H2,13,17)/i1D,2D,3D. The molecule has 0 fully saturated rings. The van der Waals surface area contributed by atoms with Crippen LogP contribution in [0, 0.1) is 11.6 Å². The summed E-state index contributed by atoms with van der Waals surface area (Å²) in [6, 6.07) is -2.58. The largest absolute Gasteiger partial charge is 0.364 e. The van der Waals surface area contributed by atoms with Gasteiger partial charge in [-0.15, -0.1) is 5.10 Å². The maximum absolute atomic E-state index is 13.8. The van der Waals surface area contributed by atoms with Gasteiger partial charge in [0.25, 0.3) is 5.91 Å². The quantitative estimate of drug-likeness (QED) is 0.859. The molecule has 7 heteroatoms. The summed E-state index contributed by atoms with van der Waals surface area (Å²) in [5, 5.41) is 6.86. The van der Waals surface area contributed by atoms with Gasteiger partial charge in [0, 0.05) is 5.56 Å². The molecule has 2 rings (SSSR count). The predicted octanol–water partition coefficient (Wildman–Crippen LogP) is 0.704. The second-order valence-electron chi connectivity index (χ2n) is 3.15. The third kappa shape index (κ3) is 2.27. The van der Waals surface area contributed by atoms with Crippen LogP contribution in [0.1, 0.15) is 20.2 Å². The fourth-order valence-electron chi connectivity index (χ4n) is 1.18. The number of carbonyl (C=O) groups excluding carboxylic acids is 1. The molecule has 0 atom stereocenters. The van der Waals surface area contributed by atoms with Gasteiger partial charge in [0.2, 0.25) is 0 Å². The van der Waals surface area contributed by atoms with Crippen LogP contribution in [0.5, 0.6) is 0 Å². The van der Waals surface area contributed by atoms with Crippen molar-refractivity contribution in [3.8, 4) is 0 Å². The van der Waals surface area contributed by atoms with Crippen molar-refractivity contribution in [2.24, 2.45) is 5.73 Å². The highest BCUT2D eigenvalue weighted by Gasteiger charge is 2.11. The van der Waals surface area contributed by atoms with Crippen LogP contribution in [0.25, 0.3) is 0 Å². The number of rotatable bonds is 3. The van der Waals surface area contributed by atoms with Crippen molar-refractivity contribution in [2.45, 2.75) is 6.54 Å². The molecule has 1 amide bonds. The van der Waals surface area contributed by atoms with Gasteiger partial charge in [-0.1, -0.05) is 11.3 Å². The molecule has 0 bridgehead atoms. The predicted molar refractivity (Wildman–Crippen MR) is 54.0 cm³/mol. The monoisotopic (exact) mass is 241 g/mol. The summed E-state index contributed by atoms with van der Waals surface area (Å²) in [5.41, 5.74) is 4.18. The molecule has 1 heterocycles. The van der Waals surface area contributed by atoms with Gasteiger partial charge in [0.15, 0.2) is 5.69 Å². The van der Waals surface area contributed by atoms with Crippen LogP contribution >= 0.6 is 0 Å². The number of nitrogens with zero attached hydrogens (tertiary/aromatic N) is 3. The topological polar surface area (TPSA) is 73.8 Å². The molecule has 0 aliphatic rings. The van der Waals surface area contributed by atoms with E-state index in [1.165, 1.54) is 0 Å². The first-order chi connectivity index (χ1) is 9.32. The molecule has 0 spiro atoms. The summed E-state index contributed by atoms with van der Waals surface area (Å²) in [4.78, 5) is 10.8. The molecule has 0 saturated carbocycles. The fraction of sp³-hybridized carbons (Fsp3) is 0.100. The van der Waals surface area contributed by atoms with Gasteiger partial charge >= 0.3 is 0 Å². The Labute approximate surface area is 99.1 Å². The highest BCUT2D eigenvalue weighted by Crippen LogP contribution is 2.13. The maximum atomic E-state index is 13.8. The molecular formula is C10H8F2N4O. The molecule has 2 aromatic rings. The lowest BCUT2D eigenvalue weighted by Gasteiger charge is -2.03. The highest BCUT2D eigenvalue weighted by molar-refractivity contribution is 5.90. The molecule has 0 aliphatic heterocycles. The van der Waals surface area contributed by atoms with Crippen LogP contribution in [0.4, 0.5) is 8.78 Å².